The summed E-state index contributed by atoms with van der Waals surface area (Å²) in [5, 5.41) is 15.0. The van der Waals surface area contributed by atoms with Crippen molar-refractivity contribution < 1.29 is 14.3 Å². The van der Waals surface area contributed by atoms with Gasteiger partial charge in [-0.2, -0.15) is 5.10 Å². The third-order valence-electron chi connectivity index (χ3n) is 2.59. The second-order valence-electron chi connectivity index (χ2n) is 3.95. The van der Waals surface area contributed by atoms with Crippen LogP contribution < -0.4 is 5.32 Å². The van der Waals surface area contributed by atoms with Gasteiger partial charge in [-0.1, -0.05) is 11.8 Å². The molecule has 0 aliphatic carbocycles. The zero-order valence-electron chi connectivity index (χ0n) is 10.7. The van der Waals surface area contributed by atoms with Crippen molar-refractivity contribution in [1.29, 1.82) is 0 Å². The van der Waals surface area contributed by atoms with Crippen molar-refractivity contribution in [2.45, 2.75) is 0 Å². The third-order valence-corrected chi connectivity index (χ3v) is 2.59. The van der Waals surface area contributed by atoms with Gasteiger partial charge in [0.2, 0.25) is 0 Å². The first-order chi connectivity index (χ1) is 9.61. The molecule has 2 aromatic rings. The molecule has 0 saturated heterocycles. The van der Waals surface area contributed by atoms with E-state index in [2.05, 4.69) is 22.3 Å². The van der Waals surface area contributed by atoms with Crippen LogP contribution in [-0.2, 0) is 7.05 Å². The largest absolute Gasteiger partial charge is 0.384 e. The quantitative estimate of drug-likeness (QED) is 0.807. The smallest absolute Gasteiger partial charge is 0.259 e. The minimum Gasteiger partial charge on any atom is -0.384 e. The Balaban J connectivity index is 2.20. The average Bonchev–Trinajstić information content (AvgIpc) is 2.82. The maximum Gasteiger partial charge on any atom is 0.259 e. The number of halogens is 1. The minimum atomic E-state index is -0.672. The molecular weight excluding hydrogens is 261 g/mol. The number of carbonyl (C=O) groups excluding carboxylic acids is 1. The summed E-state index contributed by atoms with van der Waals surface area (Å²) in [6.45, 7) is -0.301. The van der Waals surface area contributed by atoms with Crippen LogP contribution in [0.15, 0.2) is 30.5 Å². The van der Waals surface area contributed by atoms with Gasteiger partial charge in [-0.15, -0.1) is 0 Å². The average molecular weight is 273 g/mol. The molecule has 0 atom stereocenters. The highest BCUT2D eigenvalue weighted by Gasteiger charge is 2.13. The summed E-state index contributed by atoms with van der Waals surface area (Å²) in [6.07, 6.45) is 1.53. The van der Waals surface area contributed by atoms with Gasteiger partial charge in [0, 0.05) is 18.7 Å². The van der Waals surface area contributed by atoms with Gasteiger partial charge in [-0.3, -0.25) is 9.48 Å². The first-order valence-corrected chi connectivity index (χ1v) is 5.80. The summed E-state index contributed by atoms with van der Waals surface area (Å²) >= 11 is 0. The lowest BCUT2D eigenvalue weighted by Gasteiger charge is -2.06. The molecule has 0 radical (unpaired) electrons. The Bertz CT molecular complexity index is 698. The van der Waals surface area contributed by atoms with Crippen LogP contribution in [-0.4, -0.2) is 27.4 Å². The van der Waals surface area contributed by atoms with Crippen molar-refractivity contribution in [1.82, 2.24) is 9.78 Å². The minimum absolute atomic E-state index is 0.0826. The Morgan fingerprint density at radius 2 is 2.30 bits per heavy atom. The van der Waals surface area contributed by atoms with Crippen molar-refractivity contribution in [3.8, 4) is 11.8 Å². The Morgan fingerprint density at radius 3 is 2.90 bits per heavy atom. The number of aryl methyl sites for hydroxylation is 1. The Kier molecular flexibility index (Phi) is 4.13. The summed E-state index contributed by atoms with van der Waals surface area (Å²) in [5.74, 6) is 4.22. The van der Waals surface area contributed by atoms with Gasteiger partial charge < -0.3 is 10.4 Å². The highest BCUT2D eigenvalue weighted by atomic mass is 19.1. The van der Waals surface area contributed by atoms with Crippen LogP contribution in [0.1, 0.15) is 15.9 Å². The van der Waals surface area contributed by atoms with E-state index in [-0.39, 0.29) is 12.2 Å². The Hall–Kier alpha value is -2.65. The maximum atomic E-state index is 13.8. The van der Waals surface area contributed by atoms with E-state index < -0.39 is 11.7 Å². The highest BCUT2D eigenvalue weighted by molar-refractivity contribution is 6.04. The van der Waals surface area contributed by atoms with E-state index in [9.17, 15) is 9.18 Å². The second-order valence-corrected chi connectivity index (χ2v) is 3.95. The molecule has 0 fully saturated rings. The van der Waals surface area contributed by atoms with E-state index in [1.54, 1.807) is 13.1 Å². The summed E-state index contributed by atoms with van der Waals surface area (Å²) in [4.78, 5) is 11.9. The van der Waals surface area contributed by atoms with Gasteiger partial charge in [-0.25, -0.2) is 4.39 Å². The number of aliphatic hydroxyl groups excluding tert-OH is 1. The van der Waals surface area contributed by atoms with Crippen LogP contribution in [0.2, 0.25) is 0 Å². The second kappa shape index (κ2) is 5.99. The fourth-order valence-corrected chi connectivity index (χ4v) is 1.60. The fraction of sp³-hybridized carbons (Fsp3) is 0.143. The lowest BCUT2D eigenvalue weighted by molar-refractivity contribution is 0.102. The predicted octanol–water partition coefficient (Wildman–Crippen LogP) is 1.16. The van der Waals surface area contributed by atoms with Gasteiger partial charge in [0.25, 0.3) is 5.91 Å². The highest BCUT2D eigenvalue weighted by Crippen LogP contribution is 2.13. The van der Waals surface area contributed by atoms with Gasteiger partial charge in [0.15, 0.2) is 0 Å². The molecule has 20 heavy (non-hydrogen) atoms. The number of amides is 1. The fourth-order valence-electron chi connectivity index (χ4n) is 1.60. The van der Waals surface area contributed by atoms with Crippen molar-refractivity contribution >= 4 is 11.7 Å². The molecule has 5 nitrogen and oxygen atoms in total. The predicted molar refractivity (Wildman–Crippen MR) is 71.5 cm³/mol. The van der Waals surface area contributed by atoms with E-state index in [0.717, 1.165) is 6.07 Å². The molecule has 0 saturated carbocycles. The first kappa shape index (κ1) is 13.8. The summed E-state index contributed by atoms with van der Waals surface area (Å²) in [5.41, 5.74) is 0.314. The van der Waals surface area contributed by atoms with Crippen LogP contribution in [0, 0.1) is 17.7 Å². The number of nitrogens with zero attached hydrogens (tertiary/aromatic N) is 2. The van der Waals surface area contributed by atoms with Gasteiger partial charge in [0.1, 0.15) is 18.2 Å². The molecule has 1 aromatic carbocycles. The van der Waals surface area contributed by atoms with Gasteiger partial charge >= 0.3 is 0 Å². The van der Waals surface area contributed by atoms with Crippen LogP contribution in [0.3, 0.4) is 0 Å². The van der Waals surface area contributed by atoms with Crippen molar-refractivity contribution in [2.75, 3.05) is 11.9 Å². The van der Waals surface area contributed by atoms with E-state index in [1.807, 2.05) is 0 Å². The van der Waals surface area contributed by atoms with Crippen LogP contribution in [0.4, 0.5) is 10.2 Å². The normalized spacial score (nSPS) is 9.75. The van der Waals surface area contributed by atoms with E-state index in [4.69, 9.17) is 5.11 Å². The van der Waals surface area contributed by atoms with E-state index in [1.165, 1.54) is 23.0 Å². The van der Waals surface area contributed by atoms with Gasteiger partial charge in [-0.05, 0) is 18.2 Å². The molecule has 1 aromatic heterocycles. The summed E-state index contributed by atoms with van der Waals surface area (Å²) in [7, 11) is 1.67. The van der Waals surface area contributed by atoms with Crippen molar-refractivity contribution in [2.24, 2.45) is 7.05 Å². The lowest BCUT2D eigenvalue weighted by Crippen LogP contribution is -2.16. The molecule has 0 aliphatic heterocycles. The molecule has 0 bridgehead atoms. The zero-order valence-corrected chi connectivity index (χ0v) is 10.7. The molecular formula is C14H12FN3O2. The number of aliphatic hydroxyl groups is 1. The van der Waals surface area contributed by atoms with E-state index >= 15 is 0 Å². The SMILES string of the molecule is Cn1nccc1NC(=O)c1ccc(C#CCO)cc1F. The molecule has 6 heteroatoms. The monoisotopic (exact) mass is 273 g/mol. The van der Waals surface area contributed by atoms with Crippen molar-refractivity contribution in [3.05, 3.63) is 47.4 Å². The first-order valence-electron chi connectivity index (χ1n) is 5.80. The summed E-state index contributed by atoms with van der Waals surface area (Å²) < 4.78 is 15.3. The topological polar surface area (TPSA) is 67.2 Å². The molecule has 0 spiro atoms. The molecule has 2 N–H and O–H groups in total. The number of carbonyl (C=O) groups is 1. The van der Waals surface area contributed by atoms with Crippen LogP contribution in [0.5, 0.6) is 0 Å². The molecule has 1 amide bonds. The van der Waals surface area contributed by atoms with Crippen LogP contribution in [0.25, 0.3) is 0 Å². The Labute approximate surface area is 115 Å². The number of nitrogens with one attached hydrogen (secondary N) is 1. The molecule has 0 unspecified atom stereocenters. The molecule has 0 aliphatic rings. The number of hydrogen-bond acceptors (Lipinski definition) is 3. The number of hydrogen-bond donors (Lipinski definition) is 2. The molecule has 1 heterocycles. The van der Waals surface area contributed by atoms with E-state index in [0.29, 0.717) is 11.4 Å². The number of anilines is 1. The number of benzene rings is 1. The van der Waals surface area contributed by atoms with Crippen LogP contribution >= 0.6 is 0 Å². The number of rotatable bonds is 2. The van der Waals surface area contributed by atoms with Crippen molar-refractivity contribution in [3.63, 3.8) is 0 Å². The van der Waals surface area contributed by atoms with Gasteiger partial charge in [0.05, 0.1) is 11.8 Å². The third kappa shape index (κ3) is 3.02. The molecule has 2 rings (SSSR count). The zero-order chi connectivity index (χ0) is 14.5. The lowest BCUT2D eigenvalue weighted by atomic mass is 10.1. The Morgan fingerprint density at radius 1 is 1.50 bits per heavy atom. The summed E-state index contributed by atoms with van der Waals surface area (Å²) in [6, 6.07) is 5.63. The molecule has 102 valence electrons. The maximum absolute atomic E-state index is 13.8. The number of aromatic nitrogens is 2. The standard InChI is InChI=1S/C14H12FN3O2/c1-18-13(6-7-16-18)17-14(20)11-5-4-10(3-2-8-19)9-12(11)15/h4-7,9,19H,8H2,1H3,(H,17,20).